The summed E-state index contributed by atoms with van der Waals surface area (Å²) in [7, 11) is 0. The van der Waals surface area contributed by atoms with Crippen molar-refractivity contribution in [3.63, 3.8) is 0 Å². The normalized spacial score (nSPS) is 23.6. The highest BCUT2D eigenvalue weighted by molar-refractivity contribution is 4.92. The first kappa shape index (κ1) is 14.9. The number of hydrogen-bond acceptors (Lipinski definition) is 3. The maximum Gasteiger partial charge on any atom is 0.0674 e. The Morgan fingerprint density at radius 1 is 1.29 bits per heavy atom. The molecule has 1 unspecified atom stereocenters. The van der Waals surface area contributed by atoms with Gasteiger partial charge in [0.15, 0.2) is 0 Å². The Morgan fingerprint density at radius 2 is 1.94 bits per heavy atom. The largest absolute Gasteiger partial charge is 0.377 e. The Bertz CT molecular complexity index is 202. The van der Waals surface area contributed by atoms with Crippen molar-refractivity contribution in [2.75, 3.05) is 26.2 Å². The Balaban J connectivity index is 2.77. The smallest absolute Gasteiger partial charge is 0.0674 e. The van der Waals surface area contributed by atoms with Crippen LogP contribution in [-0.2, 0) is 4.74 Å². The summed E-state index contributed by atoms with van der Waals surface area (Å²) in [5, 5.41) is 0. The van der Waals surface area contributed by atoms with Crippen molar-refractivity contribution < 1.29 is 4.74 Å². The van der Waals surface area contributed by atoms with Crippen molar-refractivity contribution in [3.05, 3.63) is 0 Å². The predicted octanol–water partition coefficient (Wildman–Crippen LogP) is 2.39. The molecule has 0 radical (unpaired) electrons. The fraction of sp³-hybridized carbons (Fsp3) is 1.00. The number of nitrogens with two attached hydrogens (primary N) is 1. The topological polar surface area (TPSA) is 38.5 Å². The number of ether oxygens (including phenoxy) is 1. The van der Waals surface area contributed by atoms with Gasteiger partial charge in [-0.25, -0.2) is 0 Å². The summed E-state index contributed by atoms with van der Waals surface area (Å²) in [6.07, 6.45) is 6.33. The monoisotopic (exact) mass is 242 g/mol. The van der Waals surface area contributed by atoms with Gasteiger partial charge in [0.2, 0.25) is 0 Å². The van der Waals surface area contributed by atoms with E-state index in [0.29, 0.717) is 6.10 Å². The summed E-state index contributed by atoms with van der Waals surface area (Å²) in [5.74, 6) is 0. The van der Waals surface area contributed by atoms with Crippen molar-refractivity contribution in [2.45, 2.75) is 64.5 Å². The van der Waals surface area contributed by atoms with Gasteiger partial charge in [0.25, 0.3) is 0 Å². The summed E-state index contributed by atoms with van der Waals surface area (Å²) in [6.45, 7) is 10.6. The van der Waals surface area contributed by atoms with E-state index in [1.807, 2.05) is 0 Å². The van der Waals surface area contributed by atoms with E-state index in [2.05, 4.69) is 25.7 Å². The molecule has 1 aliphatic heterocycles. The molecular formula is C14H30N2O. The Labute approximate surface area is 107 Å². The third-order valence-corrected chi connectivity index (χ3v) is 3.93. The minimum Gasteiger partial charge on any atom is -0.377 e. The number of nitrogens with zero attached hydrogens (tertiary/aromatic N) is 1. The van der Waals surface area contributed by atoms with Gasteiger partial charge in [0, 0.05) is 31.8 Å². The minimum atomic E-state index is 0.214. The zero-order chi connectivity index (χ0) is 12.7. The van der Waals surface area contributed by atoms with Crippen LogP contribution in [0.15, 0.2) is 0 Å². The second-order valence-corrected chi connectivity index (χ2v) is 5.41. The van der Waals surface area contributed by atoms with Gasteiger partial charge >= 0.3 is 0 Å². The highest BCUT2D eigenvalue weighted by Gasteiger charge is 2.35. The van der Waals surface area contributed by atoms with E-state index in [-0.39, 0.29) is 5.54 Å². The van der Waals surface area contributed by atoms with Crippen LogP contribution in [-0.4, -0.2) is 42.8 Å². The molecule has 17 heavy (non-hydrogen) atoms. The molecule has 1 saturated heterocycles. The van der Waals surface area contributed by atoms with Gasteiger partial charge in [-0.2, -0.15) is 0 Å². The Morgan fingerprint density at radius 3 is 2.47 bits per heavy atom. The van der Waals surface area contributed by atoms with E-state index < -0.39 is 0 Å². The van der Waals surface area contributed by atoms with Crippen LogP contribution < -0.4 is 5.73 Å². The van der Waals surface area contributed by atoms with Crippen LogP contribution in [0.5, 0.6) is 0 Å². The van der Waals surface area contributed by atoms with Crippen LogP contribution in [0.1, 0.15) is 52.9 Å². The van der Waals surface area contributed by atoms with E-state index in [9.17, 15) is 0 Å². The fourth-order valence-electron chi connectivity index (χ4n) is 3.13. The van der Waals surface area contributed by atoms with Crippen molar-refractivity contribution in [2.24, 2.45) is 5.73 Å². The van der Waals surface area contributed by atoms with Crippen LogP contribution >= 0.6 is 0 Å². The van der Waals surface area contributed by atoms with Gasteiger partial charge in [0.05, 0.1) is 6.10 Å². The lowest BCUT2D eigenvalue weighted by molar-refractivity contribution is 0.0297. The molecule has 1 aliphatic rings. The molecule has 0 amide bonds. The minimum absolute atomic E-state index is 0.214. The van der Waals surface area contributed by atoms with Gasteiger partial charge in [-0.15, -0.1) is 0 Å². The lowest BCUT2D eigenvalue weighted by Crippen LogP contribution is -2.55. The number of rotatable bonds is 6. The maximum atomic E-state index is 6.12. The third-order valence-electron chi connectivity index (χ3n) is 3.93. The van der Waals surface area contributed by atoms with Crippen molar-refractivity contribution >= 4 is 0 Å². The summed E-state index contributed by atoms with van der Waals surface area (Å²) in [6, 6.07) is 0. The molecule has 0 spiro atoms. The molecule has 1 heterocycles. The molecular weight excluding hydrogens is 212 g/mol. The van der Waals surface area contributed by atoms with E-state index in [0.717, 1.165) is 32.7 Å². The molecule has 3 nitrogen and oxygen atoms in total. The zero-order valence-corrected chi connectivity index (χ0v) is 11.9. The molecule has 3 heteroatoms. The first-order valence-electron chi connectivity index (χ1n) is 7.25. The van der Waals surface area contributed by atoms with E-state index in [4.69, 9.17) is 10.5 Å². The molecule has 0 aromatic rings. The molecule has 1 atom stereocenters. The van der Waals surface area contributed by atoms with E-state index in [1.165, 1.54) is 25.7 Å². The second-order valence-electron chi connectivity index (χ2n) is 5.41. The molecule has 0 aromatic carbocycles. The van der Waals surface area contributed by atoms with Gasteiger partial charge in [-0.05, 0) is 26.2 Å². The summed E-state index contributed by atoms with van der Waals surface area (Å²) < 4.78 is 5.75. The highest BCUT2D eigenvalue weighted by atomic mass is 16.5. The highest BCUT2D eigenvalue weighted by Crippen LogP contribution is 2.28. The molecule has 0 aromatic heterocycles. The molecule has 2 N–H and O–H groups in total. The van der Waals surface area contributed by atoms with Crippen molar-refractivity contribution in [3.8, 4) is 0 Å². The molecule has 1 fully saturated rings. The van der Waals surface area contributed by atoms with Gasteiger partial charge in [-0.1, -0.05) is 26.7 Å². The standard InChI is InChI=1S/C14H30N2O/c1-4-7-14(12-15,8-5-2)16-9-6-10-17-13(3)11-16/h13H,4-12,15H2,1-3H3. The van der Waals surface area contributed by atoms with Gasteiger partial charge in [-0.3, -0.25) is 4.90 Å². The van der Waals surface area contributed by atoms with Crippen molar-refractivity contribution in [1.82, 2.24) is 4.90 Å². The van der Waals surface area contributed by atoms with Crippen LogP contribution in [0.25, 0.3) is 0 Å². The quantitative estimate of drug-likeness (QED) is 0.777. The SMILES string of the molecule is CCCC(CN)(CCC)N1CCCOC(C)C1. The van der Waals surface area contributed by atoms with Gasteiger partial charge < -0.3 is 10.5 Å². The summed E-state index contributed by atoms with van der Waals surface area (Å²) in [5.41, 5.74) is 6.34. The van der Waals surface area contributed by atoms with Crippen molar-refractivity contribution in [1.29, 1.82) is 0 Å². The zero-order valence-electron chi connectivity index (χ0n) is 11.9. The first-order chi connectivity index (χ1) is 8.18. The molecule has 0 aliphatic carbocycles. The lowest BCUT2D eigenvalue weighted by Gasteiger charge is -2.44. The predicted molar refractivity (Wildman–Crippen MR) is 73.2 cm³/mol. The Kier molecular flexibility index (Phi) is 6.45. The van der Waals surface area contributed by atoms with Crippen LogP contribution in [0.4, 0.5) is 0 Å². The summed E-state index contributed by atoms with van der Waals surface area (Å²) >= 11 is 0. The molecule has 0 bridgehead atoms. The molecule has 102 valence electrons. The average molecular weight is 242 g/mol. The second kappa shape index (κ2) is 7.34. The summed E-state index contributed by atoms with van der Waals surface area (Å²) in [4.78, 5) is 2.61. The Hall–Kier alpha value is -0.120. The van der Waals surface area contributed by atoms with E-state index >= 15 is 0 Å². The third kappa shape index (κ3) is 3.94. The van der Waals surface area contributed by atoms with Crippen LogP contribution in [0.3, 0.4) is 0 Å². The van der Waals surface area contributed by atoms with Gasteiger partial charge in [0.1, 0.15) is 0 Å². The van der Waals surface area contributed by atoms with Crippen LogP contribution in [0.2, 0.25) is 0 Å². The maximum absolute atomic E-state index is 6.12. The van der Waals surface area contributed by atoms with Crippen LogP contribution in [0, 0.1) is 0 Å². The molecule has 0 saturated carbocycles. The van der Waals surface area contributed by atoms with E-state index in [1.54, 1.807) is 0 Å². The lowest BCUT2D eigenvalue weighted by atomic mass is 9.86. The molecule has 1 rings (SSSR count). The fourth-order valence-corrected chi connectivity index (χ4v) is 3.13. The number of hydrogen-bond donors (Lipinski definition) is 1. The first-order valence-corrected chi connectivity index (χ1v) is 7.25. The average Bonchev–Trinajstić information content (AvgIpc) is 2.54.